The average molecular weight is 575 g/mol. The standard InChI is InChI=1S/C26H30ClF3N2O5S/c1-13-5-16-7-18(10-19(13)26(16,35)12-31-11-14(2)33)38(36,37)23-6-15(3-4-20(23)27)25(34)32-17-8-21(28)24(30)22(29)9-17/h3-4,6,8-9,13-14,16,18-19,31,33,35H,5,7,10-12H2,1-2H3,(H,32,34)/t13-,14?,16?,18+,19+,26+/m0/s1. The molecule has 2 aliphatic rings. The van der Waals surface area contributed by atoms with Gasteiger partial charge in [-0.25, -0.2) is 21.6 Å². The first-order valence-electron chi connectivity index (χ1n) is 12.3. The van der Waals surface area contributed by atoms with E-state index in [1.807, 2.05) is 6.92 Å². The first-order valence-corrected chi connectivity index (χ1v) is 14.3. The van der Waals surface area contributed by atoms with Crippen molar-refractivity contribution in [3.8, 4) is 0 Å². The van der Waals surface area contributed by atoms with Crippen molar-refractivity contribution in [2.45, 2.75) is 55.0 Å². The van der Waals surface area contributed by atoms with E-state index in [0.717, 1.165) is 6.07 Å². The first-order chi connectivity index (χ1) is 17.7. The van der Waals surface area contributed by atoms with Gasteiger partial charge in [-0.3, -0.25) is 4.79 Å². The molecule has 0 saturated heterocycles. The molecule has 2 unspecified atom stereocenters. The van der Waals surface area contributed by atoms with Gasteiger partial charge in [0, 0.05) is 36.5 Å². The molecule has 2 bridgehead atoms. The minimum atomic E-state index is -4.03. The molecule has 7 nitrogen and oxygen atoms in total. The zero-order valence-corrected chi connectivity index (χ0v) is 22.4. The van der Waals surface area contributed by atoms with Crippen LogP contribution in [0.25, 0.3) is 0 Å². The molecule has 2 aliphatic carbocycles. The highest BCUT2D eigenvalue weighted by Gasteiger charge is 2.58. The second kappa shape index (κ2) is 10.8. The van der Waals surface area contributed by atoms with Gasteiger partial charge in [0.25, 0.3) is 5.91 Å². The predicted molar refractivity (Wildman–Crippen MR) is 136 cm³/mol. The summed E-state index contributed by atoms with van der Waals surface area (Å²) in [6.45, 7) is 4.16. The topological polar surface area (TPSA) is 116 Å². The lowest BCUT2D eigenvalue weighted by Gasteiger charge is -2.43. The van der Waals surface area contributed by atoms with Gasteiger partial charge < -0.3 is 20.8 Å². The number of amides is 1. The molecule has 38 heavy (non-hydrogen) atoms. The van der Waals surface area contributed by atoms with E-state index in [2.05, 4.69) is 10.6 Å². The van der Waals surface area contributed by atoms with Crippen molar-refractivity contribution < 1.29 is 36.6 Å². The minimum Gasteiger partial charge on any atom is -0.392 e. The summed E-state index contributed by atoms with van der Waals surface area (Å²) in [5.74, 6) is -6.00. The Kier molecular flexibility index (Phi) is 8.17. The molecule has 2 fully saturated rings. The van der Waals surface area contributed by atoms with Gasteiger partial charge in [0.05, 0.1) is 26.9 Å². The SMILES string of the molecule is CC(O)CNC[C@@]1(O)C2C[C@@H](S(=O)(=O)c3cc(C(=O)Nc4cc(F)c(F)c(F)c4)ccc3Cl)C[C@@H]1[C@@H](C)C2. The highest BCUT2D eigenvalue weighted by Crippen LogP contribution is 2.54. The van der Waals surface area contributed by atoms with Crippen LogP contribution in [0.15, 0.2) is 35.2 Å². The van der Waals surface area contributed by atoms with Crippen LogP contribution in [0, 0.1) is 35.2 Å². The molecular formula is C26H30ClF3N2O5S. The molecule has 12 heteroatoms. The van der Waals surface area contributed by atoms with Crippen molar-refractivity contribution in [3.05, 3.63) is 58.4 Å². The fourth-order valence-electron chi connectivity index (χ4n) is 5.93. The van der Waals surface area contributed by atoms with Crippen molar-refractivity contribution in [2.75, 3.05) is 18.4 Å². The lowest BCUT2D eigenvalue weighted by atomic mass is 9.73. The normalized spacial score (nSPS) is 27.8. The zero-order chi connectivity index (χ0) is 28.0. The van der Waals surface area contributed by atoms with E-state index >= 15 is 0 Å². The Bertz CT molecular complexity index is 1320. The van der Waals surface area contributed by atoms with E-state index < -0.39 is 50.2 Å². The first kappa shape index (κ1) is 28.8. The summed E-state index contributed by atoms with van der Waals surface area (Å²) in [6.07, 6.45) is 0.480. The molecule has 0 aromatic heterocycles. The fourth-order valence-corrected chi connectivity index (χ4v) is 8.31. The summed E-state index contributed by atoms with van der Waals surface area (Å²) in [4.78, 5) is 12.5. The Balaban J connectivity index is 1.56. The van der Waals surface area contributed by atoms with Crippen molar-refractivity contribution in [1.82, 2.24) is 5.32 Å². The maximum atomic E-state index is 13.7. The van der Waals surface area contributed by atoms with Crippen LogP contribution in [0.5, 0.6) is 0 Å². The molecule has 2 saturated carbocycles. The average Bonchev–Trinajstić information content (AvgIpc) is 2.95. The number of nitrogens with one attached hydrogen (secondary N) is 2. The highest BCUT2D eigenvalue weighted by atomic mass is 35.5. The van der Waals surface area contributed by atoms with Crippen molar-refractivity contribution in [2.24, 2.45) is 17.8 Å². The number of fused-ring (bicyclic) bond motifs is 2. The third-order valence-corrected chi connectivity index (χ3v) is 10.4. The van der Waals surface area contributed by atoms with Gasteiger partial charge in [-0.1, -0.05) is 18.5 Å². The van der Waals surface area contributed by atoms with E-state index in [9.17, 15) is 36.6 Å². The molecule has 1 amide bonds. The number of anilines is 1. The van der Waals surface area contributed by atoms with Crippen LogP contribution in [-0.4, -0.2) is 54.6 Å². The molecule has 0 spiro atoms. The van der Waals surface area contributed by atoms with Gasteiger partial charge >= 0.3 is 0 Å². The Hall–Kier alpha value is -2.18. The van der Waals surface area contributed by atoms with Crippen LogP contribution in [0.1, 0.15) is 43.5 Å². The molecule has 208 valence electrons. The third kappa shape index (κ3) is 5.44. The second-order valence-corrected chi connectivity index (χ2v) is 13.1. The maximum absolute atomic E-state index is 13.7. The number of aliphatic hydroxyl groups excluding tert-OH is 1. The number of hydrogen-bond acceptors (Lipinski definition) is 6. The molecule has 0 radical (unpaired) electrons. The lowest BCUT2D eigenvalue weighted by molar-refractivity contribution is -0.0622. The van der Waals surface area contributed by atoms with Crippen LogP contribution in [-0.2, 0) is 9.84 Å². The summed E-state index contributed by atoms with van der Waals surface area (Å²) in [6, 6.07) is 4.86. The Morgan fingerprint density at radius 3 is 2.42 bits per heavy atom. The number of halogens is 4. The van der Waals surface area contributed by atoms with Crippen molar-refractivity contribution in [1.29, 1.82) is 0 Å². The van der Waals surface area contributed by atoms with Gasteiger partial charge in [0.2, 0.25) is 0 Å². The third-order valence-electron chi connectivity index (χ3n) is 7.78. The van der Waals surface area contributed by atoms with E-state index in [0.29, 0.717) is 25.1 Å². The summed E-state index contributed by atoms with van der Waals surface area (Å²) in [5, 5.41) is 25.4. The Morgan fingerprint density at radius 2 is 1.82 bits per heavy atom. The largest absolute Gasteiger partial charge is 0.392 e. The number of aliphatic hydroxyl groups is 2. The molecule has 0 aliphatic heterocycles. The summed E-state index contributed by atoms with van der Waals surface area (Å²) in [5.41, 5.74) is -1.57. The van der Waals surface area contributed by atoms with Crippen LogP contribution in [0.2, 0.25) is 5.02 Å². The van der Waals surface area contributed by atoms with Crippen LogP contribution in [0.3, 0.4) is 0 Å². The van der Waals surface area contributed by atoms with Gasteiger partial charge in [-0.15, -0.1) is 0 Å². The fraction of sp³-hybridized carbons (Fsp3) is 0.500. The van der Waals surface area contributed by atoms with Gasteiger partial charge in [0.15, 0.2) is 27.3 Å². The molecular weight excluding hydrogens is 545 g/mol. The highest BCUT2D eigenvalue weighted by molar-refractivity contribution is 7.92. The number of hydrogen-bond donors (Lipinski definition) is 4. The van der Waals surface area contributed by atoms with Crippen LogP contribution in [0.4, 0.5) is 18.9 Å². The number of benzene rings is 2. The minimum absolute atomic E-state index is 0.0831. The zero-order valence-electron chi connectivity index (χ0n) is 20.8. The van der Waals surface area contributed by atoms with Crippen LogP contribution < -0.4 is 10.6 Å². The Morgan fingerprint density at radius 1 is 1.16 bits per heavy atom. The lowest BCUT2D eigenvalue weighted by Crippen LogP contribution is -2.55. The molecule has 6 atom stereocenters. The molecule has 2 aromatic rings. The van der Waals surface area contributed by atoms with Crippen LogP contribution >= 0.6 is 11.6 Å². The van der Waals surface area contributed by atoms with E-state index in [4.69, 9.17) is 11.6 Å². The molecule has 4 rings (SSSR count). The van der Waals surface area contributed by atoms with E-state index in [1.54, 1.807) is 6.92 Å². The van der Waals surface area contributed by atoms with Crippen molar-refractivity contribution in [3.63, 3.8) is 0 Å². The number of rotatable bonds is 8. The second-order valence-electron chi connectivity index (χ2n) is 10.5. The van der Waals surface area contributed by atoms with Crippen molar-refractivity contribution >= 4 is 33.0 Å². The summed E-state index contributed by atoms with van der Waals surface area (Å²) in [7, 11) is -4.03. The van der Waals surface area contributed by atoms with E-state index in [-0.39, 0.29) is 58.3 Å². The Labute approximate surface area is 224 Å². The van der Waals surface area contributed by atoms with Gasteiger partial charge in [-0.2, -0.15) is 0 Å². The van der Waals surface area contributed by atoms with E-state index in [1.165, 1.54) is 12.1 Å². The smallest absolute Gasteiger partial charge is 0.255 e. The summed E-state index contributed by atoms with van der Waals surface area (Å²) < 4.78 is 67.7. The number of carbonyl (C=O) groups excluding carboxylic acids is 1. The monoisotopic (exact) mass is 574 g/mol. The molecule has 4 N–H and O–H groups in total. The molecule has 0 heterocycles. The maximum Gasteiger partial charge on any atom is 0.255 e. The molecule has 2 aromatic carbocycles. The number of carbonyl (C=O) groups is 1. The quantitative estimate of drug-likeness (QED) is 0.355. The van der Waals surface area contributed by atoms with Gasteiger partial charge in [0.1, 0.15) is 0 Å². The van der Waals surface area contributed by atoms with Gasteiger partial charge in [-0.05, 0) is 62.1 Å². The summed E-state index contributed by atoms with van der Waals surface area (Å²) >= 11 is 6.26. The predicted octanol–water partition coefficient (Wildman–Crippen LogP) is 3.92. The number of sulfone groups is 1.